The van der Waals surface area contributed by atoms with Crippen molar-refractivity contribution >= 4 is 27.3 Å². The zero-order valence-electron chi connectivity index (χ0n) is 8.68. The first-order valence-corrected chi connectivity index (χ1v) is 6.31. The molecule has 0 saturated heterocycles. The predicted molar refractivity (Wildman–Crippen MR) is 68.8 cm³/mol. The number of nitrogens with two attached hydrogens (primary N) is 1. The van der Waals surface area contributed by atoms with Crippen LogP contribution in [0.4, 0.5) is 0 Å². The van der Waals surface area contributed by atoms with Crippen molar-refractivity contribution in [3.8, 4) is 5.75 Å². The molecule has 0 radical (unpaired) electrons. The van der Waals surface area contributed by atoms with Gasteiger partial charge < -0.3 is 10.5 Å². The minimum atomic E-state index is -0.154. The van der Waals surface area contributed by atoms with Gasteiger partial charge >= 0.3 is 0 Å². The van der Waals surface area contributed by atoms with Crippen LogP contribution in [0.1, 0.15) is 16.5 Å². The average Bonchev–Trinajstić information content (AvgIpc) is 2.75. The molecule has 2 N–H and O–H groups in total. The van der Waals surface area contributed by atoms with Gasteiger partial charge in [0.2, 0.25) is 0 Å². The van der Waals surface area contributed by atoms with E-state index in [2.05, 4.69) is 20.9 Å². The summed E-state index contributed by atoms with van der Waals surface area (Å²) in [6.45, 7) is 0. The SMILES string of the molecule is COc1cncc(C(N)c2ccc(Br)s2)c1. The van der Waals surface area contributed by atoms with Crippen LogP contribution in [0.25, 0.3) is 0 Å². The average molecular weight is 299 g/mol. The Balaban J connectivity index is 2.29. The molecule has 1 unspecified atom stereocenters. The molecule has 0 aliphatic heterocycles. The van der Waals surface area contributed by atoms with E-state index in [-0.39, 0.29) is 6.04 Å². The normalized spacial score (nSPS) is 12.4. The Kier molecular flexibility index (Phi) is 3.58. The number of nitrogens with zero attached hydrogens (tertiary/aromatic N) is 1. The Labute approximate surface area is 106 Å². The fourth-order valence-corrected chi connectivity index (χ4v) is 2.83. The van der Waals surface area contributed by atoms with E-state index in [0.717, 1.165) is 20.0 Å². The Morgan fingerprint density at radius 2 is 2.25 bits per heavy atom. The topological polar surface area (TPSA) is 48.1 Å². The molecule has 2 aromatic heterocycles. The molecule has 16 heavy (non-hydrogen) atoms. The highest BCUT2D eigenvalue weighted by molar-refractivity contribution is 9.11. The van der Waals surface area contributed by atoms with Gasteiger partial charge in [-0.3, -0.25) is 4.98 Å². The zero-order valence-corrected chi connectivity index (χ0v) is 11.1. The van der Waals surface area contributed by atoms with E-state index >= 15 is 0 Å². The van der Waals surface area contributed by atoms with Gasteiger partial charge in [-0.2, -0.15) is 0 Å². The van der Waals surface area contributed by atoms with Crippen LogP contribution in [-0.2, 0) is 0 Å². The molecule has 0 aromatic carbocycles. The molecule has 1 atom stereocenters. The fourth-order valence-electron chi connectivity index (χ4n) is 1.38. The zero-order chi connectivity index (χ0) is 11.5. The first-order valence-electron chi connectivity index (χ1n) is 4.70. The van der Waals surface area contributed by atoms with E-state index in [4.69, 9.17) is 10.5 Å². The Morgan fingerprint density at radius 1 is 1.44 bits per heavy atom. The quantitative estimate of drug-likeness (QED) is 0.948. The lowest BCUT2D eigenvalue weighted by Crippen LogP contribution is -2.10. The Morgan fingerprint density at radius 3 is 2.88 bits per heavy atom. The molecule has 2 rings (SSSR count). The van der Waals surface area contributed by atoms with Crippen LogP contribution in [-0.4, -0.2) is 12.1 Å². The molecule has 3 nitrogen and oxygen atoms in total. The number of thiophene rings is 1. The van der Waals surface area contributed by atoms with Gasteiger partial charge in [0, 0.05) is 11.1 Å². The van der Waals surface area contributed by atoms with Crippen LogP contribution in [0.2, 0.25) is 0 Å². The second kappa shape index (κ2) is 4.95. The molecule has 0 aliphatic rings. The van der Waals surface area contributed by atoms with Crippen molar-refractivity contribution in [2.45, 2.75) is 6.04 Å². The predicted octanol–water partition coefficient (Wildman–Crippen LogP) is 2.96. The lowest BCUT2D eigenvalue weighted by atomic mass is 10.1. The Bertz CT molecular complexity index is 486. The standard InChI is InChI=1S/C11H11BrN2OS/c1-15-8-4-7(5-14-6-8)11(13)9-2-3-10(12)16-9/h2-6,11H,13H2,1H3. The molecule has 0 amide bonds. The van der Waals surface area contributed by atoms with Crippen LogP contribution >= 0.6 is 27.3 Å². The van der Waals surface area contributed by atoms with Gasteiger partial charge in [-0.05, 0) is 39.7 Å². The van der Waals surface area contributed by atoms with Gasteiger partial charge in [0.1, 0.15) is 5.75 Å². The highest BCUT2D eigenvalue weighted by atomic mass is 79.9. The number of rotatable bonds is 3. The third kappa shape index (κ3) is 2.42. The van der Waals surface area contributed by atoms with E-state index in [9.17, 15) is 0 Å². The summed E-state index contributed by atoms with van der Waals surface area (Å²) in [6, 6.07) is 5.76. The third-order valence-corrected chi connectivity index (χ3v) is 3.94. The van der Waals surface area contributed by atoms with Crippen LogP contribution < -0.4 is 10.5 Å². The van der Waals surface area contributed by atoms with E-state index in [0.29, 0.717) is 0 Å². The third-order valence-electron chi connectivity index (χ3n) is 2.23. The molecule has 0 bridgehead atoms. The number of pyridine rings is 1. The van der Waals surface area contributed by atoms with Gasteiger partial charge in [-0.25, -0.2) is 0 Å². The summed E-state index contributed by atoms with van der Waals surface area (Å²) in [4.78, 5) is 5.20. The van der Waals surface area contributed by atoms with Crippen LogP contribution in [0.5, 0.6) is 5.75 Å². The molecule has 0 fully saturated rings. The highest BCUT2D eigenvalue weighted by Crippen LogP contribution is 2.30. The minimum absolute atomic E-state index is 0.154. The van der Waals surface area contributed by atoms with Crippen molar-refractivity contribution < 1.29 is 4.74 Å². The van der Waals surface area contributed by atoms with Gasteiger partial charge in [0.25, 0.3) is 0 Å². The number of hydrogen-bond acceptors (Lipinski definition) is 4. The summed E-state index contributed by atoms with van der Waals surface area (Å²) < 4.78 is 6.20. The lowest BCUT2D eigenvalue weighted by molar-refractivity contribution is 0.412. The van der Waals surface area contributed by atoms with Crippen LogP contribution in [0, 0.1) is 0 Å². The molecule has 2 aromatic rings. The van der Waals surface area contributed by atoms with Crippen molar-refractivity contribution in [1.29, 1.82) is 0 Å². The van der Waals surface area contributed by atoms with E-state index in [1.54, 1.807) is 30.8 Å². The maximum Gasteiger partial charge on any atom is 0.137 e. The number of aromatic nitrogens is 1. The van der Waals surface area contributed by atoms with E-state index < -0.39 is 0 Å². The summed E-state index contributed by atoms with van der Waals surface area (Å²) in [6.07, 6.45) is 3.43. The van der Waals surface area contributed by atoms with Crippen LogP contribution in [0.3, 0.4) is 0 Å². The molecular weight excluding hydrogens is 288 g/mol. The van der Waals surface area contributed by atoms with Gasteiger partial charge in [-0.15, -0.1) is 11.3 Å². The smallest absolute Gasteiger partial charge is 0.137 e. The first-order chi connectivity index (χ1) is 7.70. The Hall–Kier alpha value is -0.910. The van der Waals surface area contributed by atoms with Gasteiger partial charge in [-0.1, -0.05) is 0 Å². The minimum Gasteiger partial charge on any atom is -0.495 e. The van der Waals surface area contributed by atoms with Gasteiger partial charge in [0.05, 0.1) is 23.1 Å². The van der Waals surface area contributed by atoms with Crippen molar-refractivity contribution in [3.05, 3.63) is 44.8 Å². The first kappa shape index (κ1) is 11.6. The largest absolute Gasteiger partial charge is 0.495 e. The molecule has 84 valence electrons. The van der Waals surface area contributed by atoms with Crippen molar-refractivity contribution in [2.75, 3.05) is 7.11 Å². The second-order valence-electron chi connectivity index (χ2n) is 3.28. The molecule has 0 saturated carbocycles. The maximum absolute atomic E-state index is 6.15. The maximum atomic E-state index is 6.15. The van der Waals surface area contributed by atoms with Gasteiger partial charge in [0.15, 0.2) is 0 Å². The molecule has 2 heterocycles. The summed E-state index contributed by atoms with van der Waals surface area (Å²) >= 11 is 5.05. The van der Waals surface area contributed by atoms with Crippen LogP contribution in [0.15, 0.2) is 34.4 Å². The summed E-state index contributed by atoms with van der Waals surface area (Å²) in [5.74, 6) is 0.726. The number of halogens is 1. The molecule has 0 aliphatic carbocycles. The van der Waals surface area contributed by atoms with Crippen molar-refractivity contribution in [1.82, 2.24) is 4.98 Å². The van der Waals surface area contributed by atoms with Crippen molar-refractivity contribution in [2.24, 2.45) is 5.73 Å². The lowest BCUT2D eigenvalue weighted by Gasteiger charge is -2.10. The number of hydrogen-bond donors (Lipinski definition) is 1. The monoisotopic (exact) mass is 298 g/mol. The molecule has 0 spiro atoms. The summed E-state index contributed by atoms with van der Waals surface area (Å²) in [7, 11) is 1.62. The van der Waals surface area contributed by atoms with Crippen molar-refractivity contribution in [3.63, 3.8) is 0 Å². The molecule has 5 heteroatoms. The molecular formula is C11H11BrN2OS. The van der Waals surface area contributed by atoms with E-state index in [1.807, 2.05) is 18.2 Å². The number of methoxy groups -OCH3 is 1. The fraction of sp³-hybridized carbons (Fsp3) is 0.182. The summed E-state index contributed by atoms with van der Waals surface area (Å²) in [5, 5.41) is 0. The van der Waals surface area contributed by atoms with E-state index in [1.165, 1.54) is 0 Å². The highest BCUT2D eigenvalue weighted by Gasteiger charge is 2.12. The summed E-state index contributed by atoms with van der Waals surface area (Å²) in [5.41, 5.74) is 7.10. The second-order valence-corrected chi connectivity index (χ2v) is 5.77. The number of ether oxygens (including phenoxy) is 1.